The van der Waals surface area contributed by atoms with Gasteiger partial charge in [0.25, 0.3) is 0 Å². The molecule has 21 heavy (non-hydrogen) atoms. The van der Waals surface area contributed by atoms with Gasteiger partial charge in [0.2, 0.25) is 5.91 Å². The molecule has 0 aliphatic heterocycles. The number of amides is 1. The van der Waals surface area contributed by atoms with E-state index < -0.39 is 23.9 Å². The molecule has 1 aromatic rings. The standard InChI is InChI=1S/C14H18N2O5/c15-10-4-2-1-3-9(10)5-7-12(17)16-11(14(20)21)6-8-13(18)19/h1-4,11H,5-8,15H2,(H,16,17)(H,18,19)(H,20,21). The number of aryl methyl sites for hydroxylation is 1. The van der Waals surface area contributed by atoms with Crippen LogP contribution in [-0.2, 0) is 20.8 Å². The number of nitrogens with two attached hydrogens (primary N) is 1. The number of carboxylic acids is 2. The molecule has 7 heteroatoms. The molecular formula is C14H18N2O5. The van der Waals surface area contributed by atoms with Crippen molar-refractivity contribution in [1.82, 2.24) is 5.32 Å². The smallest absolute Gasteiger partial charge is 0.326 e. The average Bonchev–Trinajstić information content (AvgIpc) is 2.42. The Morgan fingerprint density at radius 1 is 1.14 bits per heavy atom. The van der Waals surface area contributed by atoms with Crippen LogP contribution in [0.15, 0.2) is 24.3 Å². The van der Waals surface area contributed by atoms with Gasteiger partial charge < -0.3 is 21.3 Å². The lowest BCUT2D eigenvalue weighted by molar-refractivity contribution is -0.143. The zero-order valence-electron chi connectivity index (χ0n) is 11.4. The van der Waals surface area contributed by atoms with Crippen LogP contribution in [0, 0.1) is 0 Å². The number of hydrogen-bond acceptors (Lipinski definition) is 4. The van der Waals surface area contributed by atoms with Crippen LogP contribution in [0.4, 0.5) is 5.69 Å². The summed E-state index contributed by atoms with van der Waals surface area (Å²) in [7, 11) is 0. The number of carbonyl (C=O) groups is 3. The van der Waals surface area contributed by atoms with Crippen LogP contribution in [-0.4, -0.2) is 34.1 Å². The first-order chi connectivity index (χ1) is 9.90. The minimum Gasteiger partial charge on any atom is -0.481 e. The van der Waals surface area contributed by atoms with Gasteiger partial charge in [-0.25, -0.2) is 4.79 Å². The van der Waals surface area contributed by atoms with Gasteiger partial charge in [0.05, 0.1) is 0 Å². The van der Waals surface area contributed by atoms with Gasteiger partial charge in [0.1, 0.15) is 6.04 Å². The third kappa shape index (κ3) is 5.94. The van der Waals surface area contributed by atoms with Crippen molar-refractivity contribution in [1.29, 1.82) is 0 Å². The molecule has 1 aromatic carbocycles. The monoisotopic (exact) mass is 294 g/mol. The summed E-state index contributed by atoms with van der Waals surface area (Å²) >= 11 is 0. The number of nitrogens with one attached hydrogen (secondary N) is 1. The number of para-hydroxylation sites is 1. The summed E-state index contributed by atoms with van der Waals surface area (Å²) < 4.78 is 0. The maximum absolute atomic E-state index is 11.7. The maximum Gasteiger partial charge on any atom is 0.326 e. The minimum atomic E-state index is -1.25. The third-order valence-corrected chi connectivity index (χ3v) is 2.96. The molecule has 5 N–H and O–H groups in total. The number of carboxylic acid groups (broad SMARTS) is 2. The number of nitrogen functional groups attached to an aromatic ring is 1. The second-order valence-electron chi connectivity index (χ2n) is 4.59. The third-order valence-electron chi connectivity index (χ3n) is 2.96. The molecule has 0 saturated carbocycles. The van der Waals surface area contributed by atoms with E-state index in [9.17, 15) is 14.4 Å². The highest BCUT2D eigenvalue weighted by Crippen LogP contribution is 2.12. The van der Waals surface area contributed by atoms with Gasteiger partial charge in [0.15, 0.2) is 0 Å². The molecule has 0 aliphatic rings. The molecule has 7 nitrogen and oxygen atoms in total. The molecule has 114 valence electrons. The van der Waals surface area contributed by atoms with E-state index in [0.29, 0.717) is 12.1 Å². The molecule has 0 heterocycles. The van der Waals surface area contributed by atoms with Gasteiger partial charge in [-0.1, -0.05) is 18.2 Å². The van der Waals surface area contributed by atoms with Gasteiger partial charge >= 0.3 is 11.9 Å². The van der Waals surface area contributed by atoms with Crippen molar-refractivity contribution in [3.05, 3.63) is 29.8 Å². The van der Waals surface area contributed by atoms with Crippen LogP contribution in [0.2, 0.25) is 0 Å². The highest BCUT2D eigenvalue weighted by Gasteiger charge is 2.20. The first-order valence-corrected chi connectivity index (χ1v) is 6.47. The summed E-state index contributed by atoms with van der Waals surface area (Å²) in [5.74, 6) is -2.80. The Bertz CT molecular complexity index is 530. The van der Waals surface area contributed by atoms with Crippen molar-refractivity contribution in [3.63, 3.8) is 0 Å². The fourth-order valence-electron chi connectivity index (χ4n) is 1.80. The van der Waals surface area contributed by atoms with Crippen LogP contribution in [0.25, 0.3) is 0 Å². The minimum absolute atomic E-state index is 0.0884. The Morgan fingerprint density at radius 3 is 2.38 bits per heavy atom. The first-order valence-electron chi connectivity index (χ1n) is 6.47. The Hall–Kier alpha value is -2.57. The normalized spacial score (nSPS) is 11.6. The second kappa shape index (κ2) is 7.88. The van der Waals surface area contributed by atoms with Crippen LogP contribution in [0.1, 0.15) is 24.8 Å². The molecule has 1 rings (SSSR count). The van der Waals surface area contributed by atoms with E-state index in [1.54, 1.807) is 24.3 Å². The highest BCUT2D eigenvalue weighted by atomic mass is 16.4. The fraction of sp³-hybridized carbons (Fsp3) is 0.357. The van der Waals surface area contributed by atoms with Gasteiger partial charge in [-0.2, -0.15) is 0 Å². The SMILES string of the molecule is Nc1ccccc1CCC(=O)NC(CCC(=O)O)C(=O)O. The zero-order chi connectivity index (χ0) is 15.8. The summed E-state index contributed by atoms with van der Waals surface area (Å²) in [6, 6.07) is 5.91. The fourth-order valence-corrected chi connectivity index (χ4v) is 1.80. The van der Waals surface area contributed by atoms with Gasteiger partial charge in [-0.05, 0) is 24.5 Å². The van der Waals surface area contributed by atoms with Crippen LogP contribution < -0.4 is 11.1 Å². The quantitative estimate of drug-likeness (QED) is 0.520. The lowest BCUT2D eigenvalue weighted by atomic mass is 10.1. The van der Waals surface area contributed by atoms with E-state index >= 15 is 0 Å². The van der Waals surface area contributed by atoms with E-state index in [2.05, 4.69) is 5.32 Å². The Balaban J connectivity index is 2.49. The Labute approximate surface area is 121 Å². The number of hydrogen-bond donors (Lipinski definition) is 4. The predicted molar refractivity (Wildman–Crippen MR) is 75.6 cm³/mol. The molecule has 0 saturated heterocycles. The molecule has 1 atom stereocenters. The van der Waals surface area contributed by atoms with Crippen molar-refractivity contribution in [2.45, 2.75) is 31.7 Å². The summed E-state index contributed by atoms with van der Waals surface area (Å²) in [5, 5.41) is 19.8. The summed E-state index contributed by atoms with van der Waals surface area (Å²) in [4.78, 5) is 33.1. The summed E-state index contributed by atoms with van der Waals surface area (Å²) in [6.45, 7) is 0. The van der Waals surface area contributed by atoms with E-state index in [-0.39, 0.29) is 19.3 Å². The second-order valence-corrected chi connectivity index (χ2v) is 4.59. The van der Waals surface area contributed by atoms with Crippen LogP contribution >= 0.6 is 0 Å². The maximum atomic E-state index is 11.7. The lowest BCUT2D eigenvalue weighted by Crippen LogP contribution is -2.41. The summed E-state index contributed by atoms with van der Waals surface area (Å²) in [6.07, 6.45) is 0.0155. The number of carbonyl (C=O) groups excluding carboxylic acids is 1. The molecule has 0 radical (unpaired) electrons. The van der Waals surface area contributed by atoms with E-state index in [1.807, 2.05) is 0 Å². The first kappa shape index (κ1) is 16.5. The van der Waals surface area contributed by atoms with Gasteiger partial charge in [-0.15, -0.1) is 0 Å². The molecule has 0 bridgehead atoms. The van der Waals surface area contributed by atoms with E-state index in [0.717, 1.165) is 5.56 Å². The van der Waals surface area contributed by atoms with Gasteiger partial charge in [0, 0.05) is 18.5 Å². The van der Waals surface area contributed by atoms with Crippen molar-refractivity contribution in [2.24, 2.45) is 0 Å². The molecule has 1 unspecified atom stereocenters. The average molecular weight is 294 g/mol. The number of benzene rings is 1. The van der Waals surface area contributed by atoms with E-state index in [1.165, 1.54) is 0 Å². The Kier molecular flexibility index (Phi) is 6.19. The molecular weight excluding hydrogens is 276 g/mol. The summed E-state index contributed by atoms with van der Waals surface area (Å²) in [5.41, 5.74) is 7.13. The van der Waals surface area contributed by atoms with Gasteiger partial charge in [-0.3, -0.25) is 9.59 Å². The Morgan fingerprint density at radius 2 is 1.81 bits per heavy atom. The predicted octanol–water partition coefficient (Wildman–Crippen LogP) is 0.636. The van der Waals surface area contributed by atoms with Crippen molar-refractivity contribution >= 4 is 23.5 Å². The number of anilines is 1. The molecule has 0 spiro atoms. The highest BCUT2D eigenvalue weighted by molar-refractivity contribution is 5.84. The van der Waals surface area contributed by atoms with Crippen LogP contribution in [0.3, 0.4) is 0 Å². The van der Waals surface area contributed by atoms with E-state index in [4.69, 9.17) is 15.9 Å². The molecule has 1 amide bonds. The molecule has 0 fully saturated rings. The molecule has 0 aliphatic carbocycles. The van der Waals surface area contributed by atoms with Crippen molar-refractivity contribution in [2.75, 3.05) is 5.73 Å². The zero-order valence-corrected chi connectivity index (χ0v) is 11.4. The van der Waals surface area contributed by atoms with Crippen molar-refractivity contribution in [3.8, 4) is 0 Å². The topological polar surface area (TPSA) is 130 Å². The van der Waals surface area contributed by atoms with Crippen molar-refractivity contribution < 1.29 is 24.6 Å². The number of rotatable bonds is 8. The number of aliphatic carboxylic acids is 2. The lowest BCUT2D eigenvalue weighted by Gasteiger charge is -2.13. The molecule has 0 aromatic heterocycles. The van der Waals surface area contributed by atoms with Crippen LogP contribution in [0.5, 0.6) is 0 Å². The largest absolute Gasteiger partial charge is 0.481 e.